The molecule has 0 saturated carbocycles. The van der Waals surface area contributed by atoms with Gasteiger partial charge < -0.3 is 10.1 Å². The lowest BCUT2D eigenvalue weighted by Gasteiger charge is -2.29. The molecule has 2 aromatic carbocycles. The van der Waals surface area contributed by atoms with Crippen LogP contribution in [-0.4, -0.2) is 38.8 Å². The highest BCUT2D eigenvalue weighted by atomic mass is 32.2. The second-order valence-electron chi connectivity index (χ2n) is 7.18. The third-order valence-corrected chi connectivity index (χ3v) is 6.96. The van der Waals surface area contributed by atoms with E-state index in [1.54, 1.807) is 35.7 Å². The van der Waals surface area contributed by atoms with Crippen LogP contribution in [0.2, 0.25) is 0 Å². The molecule has 28 heavy (non-hydrogen) atoms. The van der Waals surface area contributed by atoms with E-state index in [2.05, 4.69) is 12.2 Å². The summed E-state index contributed by atoms with van der Waals surface area (Å²) < 4.78 is 32.1. The lowest BCUT2D eigenvalue weighted by molar-refractivity contribution is -0.115. The van der Waals surface area contributed by atoms with Gasteiger partial charge in [0.2, 0.25) is 15.9 Å². The van der Waals surface area contributed by atoms with Crippen LogP contribution in [0.25, 0.3) is 0 Å². The summed E-state index contributed by atoms with van der Waals surface area (Å²) in [6.45, 7) is 3.26. The van der Waals surface area contributed by atoms with Crippen LogP contribution in [0.1, 0.15) is 25.3 Å². The van der Waals surface area contributed by atoms with Crippen LogP contribution < -0.4 is 10.1 Å². The van der Waals surface area contributed by atoms with Gasteiger partial charge in [0.25, 0.3) is 0 Å². The van der Waals surface area contributed by atoms with E-state index >= 15 is 0 Å². The maximum atomic E-state index is 12.7. The normalized spacial score (nSPS) is 15.9. The smallest absolute Gasteiger partial charge is 0.243 e. The number of carbonyl (C=O) groups is 1. The summed E-state index contributed by atoms with van der Waals surface area (Å²) in [7, 11) is -1.88. The van der Waals surface area contributed by atoms with Gasteiger partial charge in [-0.25, -0.2) is 8.42 Å². The number of methoxy groups -OCH3 is 1. The van der Waals surface area contributed by atoms with Crippen molar-refractivity contribution in [1.29, 1.82) is 0 Å². The van der Waals surface area contributed by atoms with Gasteiger partial charge >= 0.3 is 0 Å². The fraction of sp³-hybridized carbons (Fsp3) is 0.381. The molecule has 2 aromatic rings. The van der Waals surface area contributed by atoms with E-state index in [1.807, 2.05) is 24.3 Å². The standard InChI is InChI=1S/C21H26N2O4S/c1-16-11-13-23(14-12-16)28(25,26)20-9-5-18(6-10-20)22-21(24)15-17-3-7-19(27-2)8-4-17/h3-10,16H,11-15H2,1-2H3,(H,22,24). The first-order valence-corrected chi connectivity index (χ1v) is 10.9. The van der Waals surface area contributed by atoms with Gasteiger partial charge in [0.05, 0.1) is 18.4 Å². The van der Waals surface area contributed by atoms with Gasteiger partial charge in [-0.2, -0.15) is 4.31 Å². The topological polar surface area (TPSA) is 75.7 Å². The highest BCUT2D eigenvalue weighted by Gasteiger charge is 2.27. The number of hydrogen-bond acceptors (Lipinski definition) is 4. The van der Waals surface area contributed by atoms with E-state index < -0.39 is 10.0 Å². The summed E-state index contributed by atoms with van der Waals surface area (Å²) in [6.07, 6.45) is 2.01. The number of sulfonamides is 1. The number of ether oxygens (including phenoxy) is 1. The first-order chi connectivity index (χ1) is 13.4. The Labute approximate surface area is 166 Å². The van der Waals surface area contributed by atoms with E-state index in [1.165, 1.54) is 0 Å². The van der Waals surface area contributed by atoms with Gasteiger partial charge in [0.1, 0.15) is 5.75 Å². The minimum absolute atomic E-state index is 0.161. The van der Waals surface area contributed by atoms with Crippen LogP contribution in [0.4, 0.5) is 5.69 Å². The van der Waals surface area contributed by atoms with Gasteiger partial charge in [0.15, 0.2) is 0 Å². The van der Waals surface area contributed by atoms with Crippen LogP contribution in [0.15, 0.2) is 53.4 Å². The number of hydrogen-bond donors (Lipinski definition) is 1. The number of nitrogens with one attached hydrogen (secondary N) is 1. The minimum atomic E-state index is -3.48. The molecule has 1 N–H and O–H groups in total. The number of piperidine rings is 1. The molecule has 0 aliphatic carbocycles. The van der Waals surface area contributed by atoms with Crippen LogP contribution in [0.5, 0.6) is 5.75 Å². The summed E-state index contributed by atoms with van der Waals surface area (Å²) in [4.78, 5) is 12.5. The van der Waals surface area contributed by atoms with Gasteiger partial charge in [-0.1, -0.05) is 19.1 Å². The van der Waals surface area contributed by atoms with Crippen molar-refractivity contribution < 1.29 is 17.9 Å². The van der Waals surface area contributed by atoms with Crippen molar-refractivity contribution in [3.8, 4) is 5.75 Å². The second kappa shape index (κ2) is 8.75. The van der Waals surface area contributed by atoms with Gasteiger partial charge in [-0.05, 0) is 60.7 Å². The molecule has 6 nitrogen and oxygen atoms in total. The third-order valence-electron chi connectivity index (χ3n) is 5.04. The fourth-order valence-electron chi connectivity index (χ4n) is 3.22. The lowest BCUT2D eigenvalue weighted by atomic mass is 10.0. The van der Waals surface area contributed by atoms with E-state index in [0.717, 1.165) is 24.2 Å². The van der Waals surface area contributed by atoms with E-state index in [-0.39, 0.29) is 17.2 Å². The molecule has 0 unspecified atom stereocenters. The molecule has 1 heterocycles. The maximum Gasteiger partial charge on any atom is 0.243 e. The summed E-state index contributed by atoms with van der Waals surface area (Å²) in [5.74, 6) is 1.14. The molecule has 0 spiro atoms. The zero-order valence-electron chi connectivity index (χ0n) is 16.2. The number of rotatable bonds is 6. The van der Waals surface area contributed by atoms with E-state index in [4.69, 9.17) is 4.74 Å². The number of anilines is 1. The Morgan fingerprint density at radius 3 is 2.25 bits per heavy atom. The fourth-order valence-corrected chi connectivity index (χ4v) is 4.69. The molecule has 1 saturated heterocycles. The summed E-state index contributed by atoms with van der Waals surface area (Å²) in [6, 6.07) is 13.7. The Morgan fingerprint density at radius 1 is 1.07 bits per heavy atom. The Balaban J connectivity index is 1.61. The molecular formula is C21H26N2O4S. The average Bonchev–Trinajstić information content (AvgIpc) is 2.69. The zero-order valence-corrected chi connectivity index (χ0v) is 17.0. The number of benzene rings is 2. The molecule has 1 aliphatic rings. The molecule has 0 radical (unpaired) electrons. The number of amides is 1. The zero-order chi connectivity index (χ0) is 20.1. The maximum absolute atomic E-state index is 12.7. The van der Waals surface area contributed by atoms with Crippen molar-refractivity contribution >= 4 is 21.6 Å². The molecule has 1 aliphatic heterocycles. The van der Waals surface area contributed by atoms with Crippen LogP contribution >= 0.6 is 0 Å². The molecule has 7 heteroatoms. The predicted molar refractivity (Wildman–Crippen MR) is 109 cm³/mol. The molecule has 3 rings (SSSR count). The van der Waals surface area contributed by atoms with E-state index in [0.29, 0.717) is 24.7 Å². The lowest BCUT2D eigenvalue weighted by Crippen LogP contribution is -2.37. The minimum Gasteiger partial charge on any atom is -0.497 e. The molecule has 1 amide bonds. The Bertz CT molecular complexity index is 900. The van der Waals surface area contributed by atoms with Crippen molar-refractivity contribution in [3.63, 3.8) is 0 Å². The van der Waals surface area contributed by atoms with E-state index in [9.17, 15) is 13.2 Å². The van der Waals surface area contributed by atoms with Crippen LogP contribution in [0.3, 0.4) is 0 Å². The van der Waals surface area contributed by atoms with Crippen molar-refractivity contribution in [2.45, 2.75) is 31.1 Å². The SMILES string of the molecule is COc1ccc(CC(=O)Nc2ccc(S(=O)(=O)N3CCC(C)CC3)cc2)cc1. The summed E-state index contributed by atoms with van der Waals surface area (Å²) in [5.41, 5.74) is 1.45. The Morgan fingerprint density at radius 2 is 1.68 bits per heavy atom. The van der Waals surface area contributed by atoms with Crippen molar-refractivity contribution in [2.75, 3.05) is 25.5 Å². The molecule has 150 valence electrons. The third kappa shape index (κ3) is 4.91. The Hall–Kier alpha value is -2.38. The van der Waals surface area contributed by atoms with Crippen molar-refractivity contribution in [1.82, 2.24) is 4.31 Å². The van der Waals surface area contributed by atoms with Gasteiger partial charge in [-0.3, -0.25) is 4.79 Å². The molecule has 0 aromatic heterocycles. The molecule has 1 fully saturated rings. The highest BCUT2D eigenvalue weighted by Crippen LogP contribution is 2.24. The first kappa shape index (κ1) is 20.4. The summed E-state index contributed by atoms with van der Waals surface area (Å²) in [5, 5.41) is 2.80. The Kier molecular flexibility index (Phi) is 6.36. The second-order valence-corrected chi connectivity index (χ2v) is 9.12. The van der Waals surface area contributed by atoms with Gasteiger partial charge in [-0.15, -0.1) is 0 Å². The average molecular weight is 403 g/mol. The predicted octanol–water partition coefficient (Wildman–Crippen LogP) is 3.30. The quantitative estimate of drug-likeness (QED) is 0.804. The highest BCUT2D eigenvalue weighted by molar-refractivity contribution is 7.89. The largest absolute Gasteiger partial charge is 0.497 e. The first-order valence-electron chi connectivity index (χ1n) is 9.41. The molecular weight excluding hydrogens is 376 g/mol. The van der Waals surface area contributed by atoms with Crippen molar-refractivity contribution in [2.24, 2.45) is 5.92 Å². The van der Waals surface area contributed by atoms with Gasteiger partial charge in [0, 0.05) is 18.8 Å². The number of carbonyl (C=O) groups excluding carboxylic acids is 1. The molecule has 0 bridgehead atoms. The number of nitrogens with zero attached hydrogens (tertiary/aromatic N) is 1. The van der Waals surface area contributed by atoms with Crippen molar-refractivity contribution in [3.05, 3.63) is 54.1 Å². The molecule has 0 atom stereocenters. The monoisotopic (exact) mass is 402 g/mol. The van der Waals surface area contributed by atoms with Crippen LogP contribution in [0, 0.1) is 5.92 Å². The van der Waals surface area contributed by atoms with Crippen LogP contribution in [-0.2, 0) is 21.2 Å². The summed E-state index contributed by atoms with van der Waals surface area (Å²) >= 11 is 0.